The Balaban J connectivity index is 1.60. The maximum absolute atomic E-state index is 13.6. The van der Waals surface area contributed by atoms with E-state index in [1.807, 2.05) is 6.92 Å². The monoisotopic (exact) mass is 484 g/mol. The van der Waals surface area contributed by atoms with Crippen molar-refractivity contribution in [1.82, 2.24) is 0 Å². The van der Waals surface area contributed by atoms with Crippen molar-refractivity contribution in [3.05, 3.63) is 11.6 Å². The number of rotatable bonds is 2. The summed E-state index contributed by atoms with van der Waals surface area (Å²) in [5.74, 6) is 1.64. The molecule has 0 bridgehead atoms. The molecule has 198 valence electrons. The lowest BCUT2D eigenvalue weighted by molar-refractivity contribution is -0.202. The second kappa shape index (κ2) is 7.84. The van der Waals surface area contributed by atoms with Crippen molar-refractivity contribution >= 4 is 5.97 Å². The second-order valence-electron chi connectivity index (χ2n) is 15.6. The normalized spacial score (nSPS) is 50.0. The SMILES string of the molecule is CCOC(=O)[C@]12CCC(C)(C)C[C@H]1C1=CC[C@@H]3[C@@]4(C)C[C@H](O)CC(C)(C)[C@@H]4CC[C@@]3(C)[C@]1(C)CC2. The van der Waals surface area contributed by atoms with E-state index in [1.54, 1.807) is 5.57 Å². The van der Waals surface area contributed by atoms with Gasteiger partial charge in [0.1, 0.15) is 0 Å². The minimum Gasteiger partial charge on any atom is -0.466 e. The zero-order chi connectivity index (χ0) is 25.7. The van der Waals surface area contributed by atoms with Crippen LogP contribution < -0.4 is 0 Å². The molecule has 0 aliphatic heterocycles. The third-order valence-corrected chi connectivity index (χ3v) is 13.0. The zero-order valence-corrected chi connectivity index (χ0v) is 23.9. The van der Waals surface area contributed by atoms with Gasteiger partial charge in [0.05, 0.1) is 18.1 Å². The van der Waals surface area contributed by atoms with Crippen LogP contribution >= 0.6 is 0 Å². The molecule has 0 heterocycles. The lowest BCUT2D eigenvalue weighted by Crippen LogP contribution is -2.64. The molecule has 5 aliphatic carbocycles. The molecule has 8 atom stereocenters. The maximum Gasteiger partial charge on any atom is 0.312 e. The smallest absolute Gasteiger partial charge is 0.312 e. The summed E-state index contributed by atoms with van der Waals surface area (Å²) in [5, 5.41) is 11.0. The number of carbonyl (C=O) groups excluding carboxylic acids is 1. The van der Waals surface area contributed by atoms with E-state index >= 15 is 0 Å². The number of fused-ring (bicyclic) bond motifs is 7. The van der Waals surface area contributed by atoms with Crippen LogP contribution in [-0.4, -0.2) is 23.8 Å². The van der Waals surface area contributed by atoms with Gasteiger partial charge in [-0.15, -0.1) is 0 Å². The molecule has 35 heavy (non-hydrogen) atoms. The fourth-order valence-electron chi connectivity index (χ4n) is 11.1. The van der Waals surface area contributed by atoms with E-state index in [0.717, 1.165) is 51.4 Å². The average Bonchev–Trinajstić information content (AvgIpc) is 2.72. The van der Waals surface area contributed by atoms with E-state index in [4.69, 9.17) is 4.74 Å². The molecule has 4 saturated carbocycles. The number of allylic oxidation sites excluding steroid dienone is 2. The average molecular weight is 485 g/mol. The van der Waals surface area contributed by atoms with Crippen molar-refractivity contribution in [1.29, 1.82) is 0 Å². The number of aliphatic hydroxyl groups excluding tert-OH is 1. The third kappa shape index (κ3) is 3.41. The molecule has 1 N–H and O–H groups in total. The van der Waals surface area contributed by atoms with E-state index in [9.17, 15) is 9.90 Å². The Hall–Kier alpha value is -0.830. The van der Waals surface area contributed by atoms with Crippen LogP contribution in [-0.2, 0) is 9.53 Å². The van der Waals surface area contributed by atoms with Crippen molar-refractivity contribution < 1.29 is 14.6 Å². The van der Waals surface area contributed by atoms with Crippen LogP contribution in [0.4, 0.5) is 0 Å². The zero-order valence-electron chi connectivity index (χ0n) is 23.9. The van der Waals surface area contributed by atoms with Crippen LogP contribution in [0.15, 0.2) is 11.6 Å². The van der Waals surface area contributed by atoms with Crippen molar-refractivity contribution in [2.75, 3.05) is 6.61 Å². The molecule has 0 saturated heterocycles. The number of aliphatic hydroxyl groups is 1. The van der Waals surface area contributed by atoms with E-state index in [1.165, 1.54) is 12.8 Å². The van der Waals surface area contributed by atoms with Gasteiger partial charge in [0.25, 0.3) is 0 Å². The number of hydrogen-bond acceptors (Lipinski definition) is 3. The first-order chi connectivity index (χ1) is 16.2. The highest BCUT2D eigenvalue weighted by molar-refractivity contribution is 5.78. The lowest BCUT2D eigenvalue weighted by atomic mass is 9.33. The summed E-state index contributed by atoms with van der Waals surface area (Å²) in [6.45, 7) is 19.7. The summed E-state index contributed by atoms with van der Waals surface area (Å²) < 4.78 is 5.78. The van der Waals surface area contributed by atoms with Gasteiger partial charge in [0, 0.05) is 0 Å². The number of ether oxygens (including phenoxy) is 1. The van der Waals surface area contributed by atoms with Crippen LogP contribution in [0.5, 0.6) is 0 Å². The van der Waals surface area contributed by atoms with E-state index in [2.05, 4.69) is 54.5 Å². The maximum atomic E-state index is 13.6. The largest absolute Gasteiger partial charge is 0.466 e. The fourth-order valence-corrected chi connectivity index (χ4v) is 11.1. The van der Waals surface area contributed by atoms with Crippen LogP contribution in [0.25, 0.3) is 0 Å². The summed E-state index contributed by atoms with van der Waals surface area (Å²) in [7, 11) is 0. The van der Waals surface area contributed by atoms with E-state index < -0.39 is 0 Å². The van der Waals surface area contributed by atoms with Crippen LogP contribution in [0.3, 0.4) is 0 Å². The van der Waals surface area contributed by atoms with Gasteiger partial charge < -0.3 is 9.84 Å². The molecule has 0 aromatic rings. The van der Waals surface area contributed by atoms with Gasteiger partial charge in [0.15, 0.2) is 0 Å². The molecule has 5 rings (SSSR count). The van der Waals surface area contributed by atoms with Gasteiger partial charge in [-0.05, 0) is 116 Å². The second-order valence-corrected chi connectivity index (χ2v) is 15.6. The van der Waals surface area contributed by atoms with Gasteiger partial charge in [-0.2, -0.15) is 0 Å². The van der Waals surface area contributed by atoms with E-state index in [-0.39, 0.29) is 44.6 Å². The standard InChI is InChI=1S/C32H52O3/c1-9-35-26(34)32-16-14-27(2,3)20-23(32)22-10-11-25-29(6)19-21(33)18-28(4,5)24(29)12-13-31(25,8)30(22,7)15-17-32/h10,21,23-25,33H,9,11-20H2,1-8H3/t21-,23+,24+,25-,29+,30-,31-,32+/m1/s1. The Labute approximate surface area is 214 Å². The molecular formula is C32H52O3. The Bertz CT molecular complexity index is 916. The summed E-state index contributed by atoms with van der Waals surface area (Å²) in [5.41, 5.74) is 2.21. The van der Waals surface area contributed by atoms with Crippen LogP contribution in [0, 0.1) is 50.2 Å². The molecule has 0 amide bonds. The van der Waals surface area contributed by atoms with Crippen molar-refractivity contribution in [3.8, 4) is 0 Å². The molecule has 3 nitrogen and oxygen atoms in total. The lowest BCUT2D eigenvalue weighted by Gasteiger charge is -2.71. The van der Waals surface area contributed by atoms with Crippen molar-refractivity contribution in [2.45, 2.75) is 126 Å². The topological polar surface area (TPSA) is 46.5 Å². The molecule has 0 spiro atoms. The van der Waals surface area contributed by atoms with Gasteiger partial charge >= 0.3 is 5.97 Å². The predicted octanol–water partition coefficient (Wildman–Crippen LogP) is 7.71. The van der Waals surface area contributed by atoms with Crippen molar-refractivity contribution in [2.24, 2.45) is 50.2 Å². The third-order valence-electron chi connectivity index (χ3n) is 13.0. The first-order valence-corrected chi connectivity index (χ1v) is 14.7. The molecular weight excluding hydrogens is 432 g/mol. The minimum atomic E-state index is -0.329. The first-order valence-electron chi connectivity index (χ1n) is 14.7. The molecule has 3 heteroatoms. The molecule has 0 aromatic heterocycles. The molecule has 0 aromatic carbocycles. The van der Waals surface area contributed by atoms with E-state index in [0.29, 0.717) is 24.4 Å². The predicted molar refractivity (Wildman–Crippen MR) is 142 cm³/mol. The number of carbonyl (C=O) groups is 1. The highest BCUT2D eigenvalue weighted by Crippen LogP contribution is 2.75. The Kier molecular flexibility index (Phi) is 5.78. The summed E-state index contributed by atoms with van der Waals surface area (Å²) in [6.07, 6.45) is 13.2. The van der Waals surface area contributed by atoms with Gasteiger partial charge in [-0.25, -0.2) is 0 Å². The van der Waals surface area contributed by atoms with Crippen LogP contribution in [0.2, 0.25) is 0 Å². The highest BCUT2D eigenvalue weighted by atomic mass is 16.5. The highest BCUT2D eigenvalue weighted by Gasteiger charge is 2.69. The Morgan fingerprint density at radius 3 is 2.31 bits per heavy atom. The Morgan fingerprint density at radius 1 is 0.943 bits per heavy atom. The quantitative estimate of drug-likeness (QED) is 0.322. The Morgan fingerprint density at radius 2 is 1.63 bits per heavy atom. The first kappa shape index (κ1) is 25.8. The van der Waals surface area contributed by atoms with Crippen molar-refractivity contribution in [3.63, 3.8) is 0 Å². The summed E-state index contributed by atoms with van der Waals surface area (Å²) in [4.78, 5) is 13.6. The summed E-state index contributed by atoms with van der Waals surface area (Å²) >= 11 is 0. The number of hydrogen-bond donors (Lipinski definition) is 1. The molecule has 5 aliphatic rings. The van der Waals surface area contributed by atoms with Gasteiger partial charge in [-0.1, -0.05) is 60.1 Å². The fraction of sp³-hybridized carbons (Fsp3) is 0.906. The summed E-state index contributed by atoms with van der Waals surface area (Å²) in [6, 6.07) is 0. The molecule has 4 fully saturated rings. The van der Waals surface area contributed by atoms with Crippen LogP contribution in [0.1, 0.15) is 120 Å². The van der Waals surface area contributed by atoms with Gasteiger partial charge in [-0.3, -0.25) is 4.79 Å². The minimum absolute atomic E-state index is 0.0727. The van der Waals surface area contributed by atoms with Gasteiger partial charge in [0.2, 0.25) is 0 Å². The molecule has 0 radical (unpaired) electrons. The molecule has 0 unspecified atom stereocenters. The number of esters is 1.